The van der Waals surface area contributed by atoms with Crippen LogP contribution < -0.4 is 5.32 Å². The van der Waals surface area contributed by atoms with Crippen molar-refractivity contribution in [1.82, 2.24) is 5.32 Å². The number of carbonyl (C=O) groups is 1. The number of nitrogens with one attached hydrogen (secondary N) is 1. The molecule has 0 radical (unpaired) electrons. The van der Waals surface area contributed by atoms with Crippen molar-refractivity contribution in [2.75, 3.05) is 20.3 Å². The maximum absolute atomic E-state index is 12.4. The molecular formula is C17H33NO2. The number of ether oxygens (including phenoxy) is 1. The molecule has 3 nitrogen and oxygen atoms in total. The van der Waals surface area contributed by atoms with E-state index in [1.54, 1.807) is 7.11 Å². The average molecular weight is 283 g/mol. The minimum absolute atomic E-state index is 0.160. The van der Waals surface area contributed by atoms with Crippen molar-refractivity contribution in [3.63, 3.8) is 0 Å². The Kier molecular flexibility index (Phi) is 7.01. The fourth-order valence-corrected chi connectivity index (χ4v) is 3.39. The van der Waals surface area contributed by atoms with Gasteiger partial charge in [-0.25, -0.2) is 0 Å². The van der Waals surface area contributed by atoms with E-state index in [0.717, 1.165) is 26.0 Å². The molecule has 3 heteroatoms. The van der Waals surface area contributed by atoms with Gasteiger partial charge in [0.25, 0.3) is 0 Å². The van der Waals surface area contributed by atoms with Crippen molar-refractivity contribution in [2.24, 2.45) is 23.2 Å². The smallest absolute Gasteiger partial charge is 0.223 e. The zero-order valence-corrected chi connectivity index (χ0v) is 14.0. The molecule has 1 amide bonds. The summed E-state index contributed by atoms with van der Waals surface area (Å²) < 4.78 is 5.32. The minimum Gasteiger partial charge on any atom is -0.384 e. The highest BCUT2D eigenvalue weighted by Crippen LogP contribution is 2.38. The maximum Gasteiger partial charge on any atom is 0.223 e. The van der Waals surface area contributed by atoms with Gasteiger partial charge in [-0.1, -0.05) is 40.5 Å². The van der Waals surface area contributed by atoms with Crippen molar-refractivity contribution in [1.29, 1.82) is 0 Å². The standard InChI is InChI=1S/C17H33NO2/c1-13(2)11-18-16(19)15-9-7-6-8-14(15)10-17(3,4)12-20-5/h13-15H,6-12H2,1-5H3,(H,18,19). The lowest BCUT2D eigenvalue weighted by atomic mass is 9.71. The fraction of sp³-hybridized carbons (Fsp3) is 0.941. The summed E-state index contributed by atoms with van der Waals surface area (Å²) in [7, 11) is 1.76. The molecule has 0 bridgehead atoms. The van der Waals surface area contributed by atoms with E-state index in [-0.39, 0.29) is 17.2 Å². The third-order valence-electron chi connectivity index (χ3n) is 4.28. The van der Waals surface area contributed by atoms with Gasteiger partial charge in [0.2, 0.25) is 5.91 Å². The highest BCUT2D eigenvalue weighted by molar-refractivity contribution is 5.79. The Bertz CT molecular complexity index is 299. The first-order valence-corrected chi connectivity index (χ1v) is 8.12. The zero-order chi connectivity index (χ0) is 15.2. The Morgan fingerprint density at radius 1 is 1.30 bits per heavy atom. The second-order valence-corrected chi connectivity index (χ2v) is 7.59. The first kappa shape index (κ1) is 17.5. The summed E-state index contributed by atoms with van der Waals surface area (Å²) in [5.74, 6) is 1.52. The van der Waals surface area contributed by atoms with E-state index in [1.807, 2.05) is 0 Å². The molecule has 0 spiro atoms. The third kappa shape index (κ3) is 5.82. The Balaban J connectivity index is 2.59. The molecule has 0 saturated heterocycles. The van der Waals surface area contributed by atoms with Crippen LogP contribution in [-0.2, 0) is 9.53 Å². The molecule has 1 aliphatic rings. The zero-order valence-electron chi connectivity index (χ0n) is 14.0. The van der Waals surface area contributed by atoms with Crippen LogP contribution in [0.3, 0.4) is 0 Å². The summed E-state index contributed by atoms with van der Waals surface area (Å²) in [6, 6.07) is 0. The summed E-state index contributed by atoms with van der Waals surface area (Å²) >= 11 is 0. The predicted octanol–water partition coefficient (Wildman–Crippen LogP) is 3.63. The Morgan fingerprint density at radius 3 is 2.55 bits per heavy atom. The van der Waals surface area contributed by atoms with Gasteiger partial charge in [-0.05, 0) is 36.5 Å². The van der Waals surface area contributed by atoms with Crippen molar-refractivity contribution < 1.29 is 9.53 Å². The lowest BCUT2D eigenvalue weighted by Gasteiger charge is -2.36. The van der Waals surface area contributed by atoms with Gasteiger partial charge in [0.15, 0.2) is 0 Å². The first-order valence-electron chi connectivity index (χ1n) is 8.12. The van der Waals surface area contributed by atoms with Crippen LogP contribution in [0.1, 0.15) is 59.8 Å². The molecule has 1 rings (SSSR count). The van der Waals surface area contributed by atoms with E-state index in [0.29, 0.717) is 11.8 Å². The van der Waals surface area contributed by atoms with Crippen molar-refractivity contribution >= 4 is 5.91 Å². The van der Waals surface area contributed by atoms with Gasteiger partial charge in [0, 0.05) is 19.6 Å². The van der Waals surface area contributed by atoms with Gasteiger partial charge in [0.05, 0.1) is 6.61 Å². The van der Waals surface area contributed by atoms with Crippen molar-refractivity contribution in [3.8, 4) is 0 Å². The third-order valence-corrected chi connectivity index (χ3v) is 4.28. The summed E-state index contributed by atoms with van der Waals surface area (Å²) in [6.07, 6.45) is 5.79. The topological polar surface area (TPSA) is 38.3 Å². The van der Waals surface area contributed by atoms with E-state index in [4.69, 9.17) is 4.74 Å². The highest BCUT2D eigenvalue weighted by Gasteiger charge is 2.34. The Morgan fingerprint density at radius 2 is 1.95 bits per heavy atom. The van der Waals surface area contributed by atoms with Gasteiger partial charge >= 0.3 is 0 Å². The quantitative estimate of drug-likeness (QED) is 0.775. The van der Waals surface area contributed by atoms with Gasteiger partial charge in [-0.15, -0.1) is 0 Å². The number of rotatable bonds is 7. The molecule has 0 aromatic heterocycles. The van der Waals surface area contributed by atoms with Crippen LogP contribution in [0.5, 0.6) is 0 Å². The molecule has 0 aromatic rings. The second-order valence-electron chi connectivity index (χ2n) is 7.59. The van der Waals surface area contributed by atoms with Gasteiger partial charge in [-0.2, -0.15) is 0 Å². The number of hydrogen-bond acceptors (Lipinski definition) is 2. The molecule has 1 aliphatic carbocycles. The van der Waals surface area contributed by atoms with Crippen LogP contribution >= 0.6 is 0 Å². The van der Waals surface area contributed by atoms with Crippen molar-refractivity contribution in [3.05, 3.63) is 0 Å². The maximum atomic E-state index is 12.4. The van der Waals surface area contributed by atoms with Crippen LogP contribution in [0.4, 0.5) is 0 Å². The molecule has 1 saturated carbocycles. The molecule has 0 aliphatic heterocycles. The van der Waals surface area contributed by atoms with Crippen LogP contribution in [0, 0.1) is 23.2 Å². The monoisotopic (exact) mass is 283 g/mol. The SMILES string of the molecule is COCC(C)(C)CC1CCCCC1C(=O)NCC(C)C. The van der Waals surface area contributed by atoms with Crippen LogP contribution in [0.25, 0.3) is 0 Å². The predicted molar refractivity (Wildman–Crippen MR) is 83.6 cm³/mol. The van der Waals surface area contributed by atoms with Gasteiger partial charge in [-0.3, -0.25) is 4.79 Å². The normalized spacial score (nSPS) is 23.9. The molecule has 2 unspecified atom stereocenters. The summed E-state index contributed by atoms with van der Waals surface area (Å²) in [5.41, 5.74) is 0.160. The Labute approximate surface area is 124 Å². The van der Waals surface area contributed by atoms with Crippen molar-refractivity contribution in [2.45, 2.75) is 59.8 Å². The number of hydrogen-bond donors (Lipinski definition) is 1. The number of carbonyl (C=O) groups excluding carboxylic acids is 1. The summed E-state index contributed by atoms with van der Waals surface area (Å²) in [5, 5.41) is 3.13. The largest absolute Gasteiger partial charge is 0.384 e. The lowest BCUT2D eigenvalue weighted by Crippen LogP contribution is -2.40. The fourth-order valence-electron chi connectivity index (χ4n) is 3.39. The molecule has 2 atom stereocenters. The average Bonchev–Trinajstić information content (AvgIpc) is 2.36. The Hall–Kier alpha value is -0.570. The van der Waals surface area contributed by atoms with E-state index in [1.165, 1.54) is 19.3 Å². The van der Waals surface area contributed by atoms with Crippen LogP contribution in [0.2, 0.25) is 0 Å². The molecular weight excluding hydrogens is 250 g/mol. The summed E-state index contributed by atoms with van der Waals surface area (Å²) in [4.78, 5) is 12.4. The van der Waals surface area contributed by atoms with E-state index in [2.05, 4.69) is 33.0 Å². The van der Waals surface area contributed by atoms with Gasteiger partial charge < -0.3 is 10.1 Å². The van der Waals surface area contributed by atoms with E-state index < -0.39 is 0 Å². The first-order chi connectivity index (χ1) is 9.35. The molecule has 0 heterocycles. The van der Waals surface area contributed by atoms with Crippen LogP contribution in [0.15, 0.2) is 0 Å². The van der Waals surface area contributed by atoms with Gasteiger partial charge in [0.1, 0.15) is 0 Å². The minimum atomic E-state index is 0.160. The molecule has 118 valence electrons. The van der Waals surface area contributed by atoms with E-state index >= 15 is 0 Å². The highest BCUT2D eigenvalue weighted by atomic mass is 16.5. The summed E-state index contributed by atoms with van der Waals surface area (Å²) in [6.45, 7) is 10.3. The van der Waals surface area contributed by atoms with E-state index in [9.17, 15) is 4.79 Å². The van der Waals surface area contributed by atoms with Crippen LogP contribution in [-0.4, -0.2) is 26.2 Å². The lowest BCUT2D eigenvalue weighted by molar-refractivity contribution is -0.128. The second kappa shape index (κ2) is 8.02. The molecule has 20 heavy (non-hydrogen) atoms. The molecule has 1 fully saturated rings. The molecule has 0 aromatic carbocycles. The number of amides is 1. The number of methoxy groups -OCH3 is 1. The molecule has 1 N–H and O–H groups in total.